The number of nitrogens with zero attached hydrogens (tertiary/aromatic N) is 1. The molecule has 6 rings (SSSR count). The van der Waals surface area contributed by atoms with Crippen LogP contribution in [0, 0.1) is 19.3 Å². The van der Waals surface area contributed by atoms with E-state index in [4.69, 9.17) is 0 Å². The van der Waals surface area contributed by atoms with Gasteiger partial charge in [-0.2, -0.15) is 0 Å². The number of benzene rings is 2. The van der Waals surface area contributed by atoms with E-state index in [0.29, 0.717) is 13.1 Å². The van der Waals surface area contributed by atoms with Crippen molar-refractivity contribution in [1.82, 2.24) is 20.9 Å². The van der Waals surface area contributed by atoms with Gasteiger partial charge in [-0.3, -0.25) is 14.6 Å². The second-order valence-electron chi connectivity index (χ2n) is 11.6. The Balaban J connectivity index is 0.000000220. The number of aromatic nitrogens is 1. The third-order valence-corrected chi connectivity index (χ3v) is 8.83. The predicted molar refractivity (Wildman–Crippen MR) is 167 cm³/mol. The van der Waals surface area contributed by atoms with Crippen LogP contribution in [0.15, 0.2) is 60.8 Å². The molecule has 2 saturated carbocycles. The SMILES string of the molecule is O=C(NCC1NCCc2ccccc21)C1CCCCC1.O=C(NCc1nccc2ccccc12)C1CCCCC1.[CH3-].[Pt]. The molecule has 3 aliphatic rings. The number of hydrogen-bond donors (Lipinski definition) is 3. The van der Waals surface area contributed by atoms with E-state index < -0.39 is 0 Å². The summed E-state index contributed by atoms with van der Waals surface area (Å²) in [6, 6.07) is 19.0. The van der Waals surface area contributed by atoms with Gasteiger partial charge in [-0.05, 0) is 61.2 Å². The summed E-state index contributed by atoms with van der Waals surface area (Å²) in [5.74, 6) is 0.912. The van der Waals surface area contributed by atoms with E-state index in [1.165, 1.54) is 55.0 Å². The first kappa shape index (κ1) is 33.9. The molecule has 0 spiro atoms. The molecule has 3 N–H and O–H groups in total. The van der Waals surface area contributed by atoms with Crippen LogP contribution in [0.5, 0.6) is 0 Å². The van der Waals surface area contributed by atoms with Gasteiger partial charge in [-0.1, -0.05) is 87.1 Å². The minimum atomic E-state index is 0. The molecule has 7 heteroatoms. The molecule has 2 heterocycles. The van der Waals surface area contributed by atoms with Gasteiger partial charge in [0.25, 0.3) is 0 Å². The Morgan fingerprint density at radius 2 is 1.40 bits per heavy atom. The molecule has 1 aliphatic heterocycles. The number of carbonyl (C=O) groups excluding carboxylic acids is 2. The molecule has 3 aromatic rings. The summed E-state index contributed by atoms with van der Waals surface area (Å²) in [5.41, 5.74) is 3.72. The molecule has 1 atom stereocenters. The molecule has 1 aromatic heterocycles. The number of rotatable bonds is 6. The summed E-state index contributed by atoms with van der Waals surface area (Å²) >= 11 is 0. The van der Waals surface area contributed by atoms with Crippen LogP contribution in [0.4, 0.5) is 0 Å². The van der Waals surface area contributed by atoms with Crippen molar-refractivity contribution in [1.29, 1.82) is 0 Å². The average molecular weight is 751 g/mol. The summed E-state index contributed by atoms with van der Waals surface area (Å²) in [4.78, 5) is 28.8. The fraction of sp³-hybridized carbons (Fsp3) is 0.486. The van der Waals surface area contributed by atoms with Gasteiger partial charge in [-0.15, -0.1) is 0 Å². The van der Waals surface area contributed by atoms with Gasteiger partial charge >= 0.3 is 0 Å². The van der Waals surface area contributed by atoms with Crippen LogP contribution in [0.2, 0.25) is 0 Å². The molecular weight excluding hydrogens is 703 g/mol. The minimum Gasteiger partial charge on any atom is -0.358 e. The maximum Gasteiger partial charge on any atom is 0.223 e. The Bertz CT molecular complexity index is 1270. The van der Waals surface area contributed by atoms with Gasteiger partial charge in [0.05, 0.1) is 12.2 Å². The number of hydrogen-bond acceptors (Lipinski definition) is 4. The van der Waals surface area contributed by atoms with Crippen molar-refractivity contribution in [2.75, 3.05) is 13.1 Å². The zero-order valence-corrected chi connectivity index (χ0v) is 27.3. The Labute approximate surface area is 266 Å². The van der Waals surface area contributed by atoms with E-state index in [1.807, 2.05) is 24.4 Å². The van der Waals surface area contributed by atoms with Gasteiger partial charge < -0.3 is 23.4 Å². The summed E-state index contributed by atoms with van der Waals surface area (Å²) in [6.45, 7) is 2.24. The smallest absolute Gasteiger partial charge is 0.223 e. The monoisotopic (exact) mass is 750 g/mol. The van der Waals surface area contributed by atoms with Gasteiger partial charge in [0.2, 0.25) is 11.8 Å². The molecule has 6 nitrogen and oxygen atoms in total. The zero-order chi connectivity index (χ0) is 27.6. The number of carbonyl (C=O) groups is 2. The van der Waals surface area contributed by atoms with Crippen molar-refractivity contribution in [3.63, 3.8) is 0 Å². The molecule has 42 heavy (non-hydrogen) atoms. The van der Waals surface area contributed by atoms with Crippen molar-refractivity contribution >= 4 is 22.6 Å². The van der Waals surface area contributed by atoms with E-state index in [2.05, 4.69) is 57.3 Å². The van der Waals surface area contributed by atoms with Gasteiger partial charge in [0.15, 0.2) is 0 Å². The van der Waals surface area contributed by atoms with Crippen molar-refractivity contribution in [3.05, 3.63) is 85.0 Å². The van der Waals surface area contributed by atoms with Crippen molar-refractivity contribution in [2.24, 2.45) is 11.8 Å². The molecule has 1 unspecified atom stereocenters. The van der Waals surface area contributed by atoms with Crippen LogP contribution in [0.3, 0.4) is 0 Å². The topological polar surface area (TPSA) is 83.1 Å². The van der Waals surface area contributed by atoms with E-state index in [1.54, 1.807) is 0 Å². The number of fused-ring (bicyclic) bond motifs is 2. The van der Waals surface area contributed by atoms with E-state index in [-0.39, 0.29) is 58.2 Å². The summed E-state index contributed by atoms with van der Waals surface area (Å²) in [7, 11) is 0. The zero-order valence-electron chi connectivity index (χ0n) is 25.0. The molecule has 2 aliphatic carbocycles. The second-order valence-corrected chi connectivity index (χ2v) is 11.6. The molecule has 2 fully saturated rings. The fourth-order valence-corrected chi connectivity index (χ4v) is 6.49. The van der Waals surface area contributed by atoms with Crippen LogP contribution < -0.4 is 16.0 Å². The Morgan fingerprint density at radius 1 is 0.786 bits per heavy atom. The maximum absolute atomic E-state index is 12.2. The predicted octanol–water partition coefficient (Wildman–Crippen LogP) is 6.45. The number of pyridine rings is 1. The summed E-state index contributed by atoms with van der Waals surface area (Å²) in [6.07, 6.45) is 14.5. The summed E-state index contributed by atoms with van der Waals surface area (Å²) in [5, 5.41) is 12.0. The third-order valence-electron chi connectivity index (χ3n) is 8.83. The fourth-order valence-electron chi connectivity index (χ4n) is 6.49. The standard InChI is InChI=1S/C17H24N2O.C17H20N2O.CH3.Pt/c2*20-17(14-7-2-1-3-8-14)19-12-16-15-9-5-4-6-13(15)10-11-18-16;;/h4-6,9,14,16,18H,1-3,7-8,10-12H2,(H,19,20);4-6,9-11,14H,1-3,7-8,12H2,(H,19,20);1H3;/q;;-1;. The molecule has 0 radical (unpaired) electrons. The number of nitrogens with one attached hydrogen (secondary N) is 3. The summed E-state index contributed by atoms with van der Waals surface area (Å²) < 4.78 is 0. The molecular formula is C35H47N4O2Pt-. The maximum atomic E-state index is 12.2. The molecule has 0 bridgehead atoms. The molecule has 0 saturated heterocycles. The first-order valence-corrected chi connectivity index (χ1v) is 15.4. The average Bonchev–Trinajstić information content (AvgIpc) is 3.03. The quantitative estimate of drug-likeness (QED) is 0.253. The number of amides is 2. The Kier molecular flexibility index (Phi) is 14.2. The van der Waals surface area contributed by atoms with Crippen LogP contribution in [0.1, 0.15) is 87.1 Å². The van der Waals surface area contributed by atoms with Gasteiger partial charge in [-0.25, -0.2) is 0 Å². The van der Waals surface area contributed by atoms with Crippen molar-refractivity contribution < 1.29 is 30.7 Å². The Hall–Kier alpha value is -2.56. The van der Waals surface area contributed by atoms with E-state index in [0.717, 1.165) is 49.7 Å². The molecule has 230 valence electrons. The van der Waals surface area contributed by atoms with E-state index >= 15 is 0 Å². The first-order valence-electron chi connectivity index (χ1n) is 15.4. The van der Waals surface area contributed by atoms with Crippen LogP contribution in [-0.2, 0) is 43.6 Å². The molecule has 2 aromatic carbocycles. The first-order chi connectivity index (χ1) is 19.7. The van der Waals surface area contributed by atoms with Gasteiger partial charge in [0, 0.05) is 57.1 Å². The van der Waals surface area contributed by atoms with Gasteiger partial charge in [0.1, 0.15) is 0 Å². The minimum absolute atomic E-state index is 0. The third kappa shape index (κ3) is 9.22. The Morgan fingerprint density at radius 3 is 2.12 bits per heavy atom. The normalized spacial score (nSPS) is 18.7. The molecule has 2 amide bonds. The second kappa shape index (κ2) is 17.5. The largest absolute Gasteiger partial charge is 0.358 e. The van der Waals surface area contributed by atoms with Crippen LogP contribution in [-0.4, -0.2) is 29.9 Å². The van der Waals surface area contributed by atoms with Crippen LogP contribution in [0.25, 0.3) is 10.8 Å². The van der Waals surface area contributed by atoms with E-state index in [9.17, 15) is 9.59 Å². The van der Waals surface area contributed by atoms with Crippen molar-refractivity contribution in [3.8, 4) is 0 Å². The van der Waals surface area contributed by atoms with Crippen LogP contribution >= 0.6 is 0 Å². The van der Waals surface area contributed by atoms with Crippen molar-refractivity contribution in [2.45, 2.75) is 83.2 Å².